The molecule has 0 spiro atoms. The number of carbonyl (C=O) groups is 1. The van der Waals surface area contributed by atoms with Gasteiger partial charge in [-0.05, 0) is 51.8 Å². The Morgan fingerprint density at radius 3 is 2.46 bits per heavy atom. The van der Waals surface area contributed by atoms with E-state index in [-0.39, 0.29) is 10.9 Å². The molecule has 1 aliphatic heterocycles. The molecule has 6 nitrogen and oxygen atoms in total. The lowest BCUT2D eigenvalue weighted by atomic mass is 10.1. The standard InChI is InChI=1S/C16H23FN2O4S/c1-16(2,3)23-15(20)19-9-7-13(8-10-19)18-24(21,22)14-6-4-5-12(17)11-14/h4-6,11,13,18H,7-10H2,1-3H3. The van der Waals surface area contributed by atoms with Crippen LogP contribution in [0.2, 0.25) is 0 Å². The molecular formula is C16H23FN2O4S. The molecule has 2 rings (SSSR count). The van der Waals surface area contributed by atoms with Crippen molar-refractivity contribution in [1.82, 2.24) is 9.62 Å². The predicted octanol–water partition coefficient (Wildman–Crippen LogP) is 2.50. The zero-order valence-electron chi connectivity index (χ0n) is 14.1. The van der Waals surface area contributed by atoms with Crippen LogP contribution in [0.15, 0.2) is 29.2 Å². The van der Waals surface area contributed by atoms with Gasteiger partial charge < -0.3 is 9.64 Å². The maximum atomic E-state index is 13.2. The van der Waals surface area contributed by atoms with E-state index in [1.165, 1.54) is 18.2 Å². The van der Waals surface area contributed by atoms with Crippen LogP contribution >= 0.6 is 0 Å². The smallest absolute Gasteiger partial charge is 0.410 e. The van der Waals surface area contributed by atoms with Gasteiger partial charge in [-0.15, -0.1) is 0 Å². The zero-order valence-corrected chi connectivity index (χ0v) is 14.9. The Kier molecular flexibility index (Phi) is 5.49. The SMILES string of the molecule is CC(C)(C)OC(=O)N1CCC(NS(=O)(=O)c2cccc(F)c2)CC1. The fraction of sp³-hybridized carbons (Fsp3) is 0.562. The second-order valence-corrected chi connectivity index (χ2v) is 8.53. The lowest BCUT2D eigenvalue weighted by Gasteiger charge is -2.33. The van der Waals surface area contributed by atoms with E-state index in [0.29, 0.717) is 25.9 Å². The minimum atomic E-state index is -3.77. The first-order valence-electron chi connectivity index (χ1n) is 7.83. The van der Waals surface area contributed by atoms with Gasteiger partial charge in [0.2, 0.25) is 10.0 Å². The summed E-state index contributed by atoms with van der Waals surface area (Å²) in [6.07, 6.45) is 0.565. The number of hydrogen-bond acceptors (Lipinski definition) is 4. The third kappa shape index (κ3) is 5.17. The summed E-state index contributed by atoms with van der Waals surface area (Å²) in [4.78, 5) is 13.5. The van der Waals surface area contributed by atoms with Gasteiger partial charge in [0.25, 0.3) is 0 Å². The number of hydrogen-bond donors (Lipinski definition) is 1. The van der Waals surface area contributed by atoms with Gasteiger partial charge in [-0.2, -0.15) is 0 Å². The van der Waals surface area contributed by atoms with Crippen LogP contribution in [0.5, 0.6) is 0 Å². The Labute approximate surface area is 142 Å². The van der Waals surface area contributed by atoms with Crippen molar-refractivity contribution in [3.63, 3.8) is 0 Å². The quantitative estimate of drug-likeness (QED) is 0.901. The molecule has 1 fully saturated rings. The van der Waals surface area contributed by atoms with Gasteiger partial charge >= 0.3 is 6.09 Å². The second-order valence-electron chi connectivity index (χ2n) is 6.82. The molecule has 0 aromatic heterocycles. The first-order chi connectivity index (χ1) is 11.1. The van der Waals surface area contributed by atoms with Crippen molar-refractivity contribution < 1.29 is 22.3 Å². The molecule has 134 valence electrons. The highest BCUT2D eigenvalue weighted by molar-refractivity contribution is 7.89. The van der Waals surface area contributed by atoms with Crippen LogP contribution in [-0.4, -0.2) is 44.1 Å². The second kappa shape index (κ2) is 7.06. The van der Waals surface area contributed by atoms with Crippen molar-refractivity contribution in [3.8, 4) is 0 Å². The van der Waals surface area contributed by atoms with Crippen LogP contribution in [-0.2, 0) is 14.8 Å². The van der Waals surface area contributed by atoms with Crippen molar-refractivity contribution in [2.24, 2.45) is 0 Å². The zero-order chi connectivity index (χ0) is 18.0. The van der Waals surface area contributed by atoms with E-state index in [1.807, 2.05) is 0 Å². The fourth-order valence-corrected chi connectivity index (χ4v) is 3.76. The number of amides is 1. The van der Waals surface area contributed by atoms with Gasteiger partial charge in [0.15, 0.2) is 0 Å². The van der Waals surface area contributed by atoms with Crippen molar-refractivity contribution in [2.45, 2.75) is 50.2 Å². The van der Waals surface area contributed by atoms with Gasteiger partial charge in [0.1, 0.15) is 11.4 Å². The number of rotatable bonds is 3. The van der Waals surface area contributed by atoms with Crippen LogP contribution in [0.4, 0.5) is 9.18 Å². The summed E-state index contributed by atoms with van der Waals surface area (Å²) in [7, 11) is -3.77. The molecule has 1 aromatic carbocycles. The molecule has 8 heteroatoms. The largest absolute Gasteiger partial charge is 0.444 e. The summed E-state index contributed by atoms with van der Waals surface area (Å²) in [5.41, 5.74) is -0.563. The average Bonchev–Trinajstić information content (AvgIpc) is 2.46. The molecule has 0 atom stereocenters. The van der Waals surface area contributed by atoms with E-state index in [0.717, 1.165) is 6.07 Å². The van der Waals surface area contributed by atoms with Crippen molar-refractivity contribution in [2.75, 3.05) is 13.1 Å². The summed E-state index contributed by atoms with van der Waals surface area (Å²) in [6, 6.07) is 4.59. The Morgan fingerprint density at radius 2 is 1.92 bits per heavy atom. The lowest BCUT2D eigenvalue weighted by Crippen LogP contribution is -2.47. The third-order valence-electron chi connectivity index (χ3n) is 3.57. The molecule has 1 saturated heterocycles. The molecule has 1 aliphatic rings. The van der Waals surface area contributed by atoms with E-state index >= 15 is 0 Å². The molecule has 0 bridgehead atoms. The molecule has 0 unspecified atom stereocenters. The molecule has 0 aliphatic carbocycles. The van der Waals surface area contributed by atoms with Gasteiger partial charge in [-0.1, -0.05) is 6.07 Å². The summed E-state index contributed by atoms with van der Waals surface area (Å²) in [6.45, 7) is 6.21. The van der Waals surface area contributed by atoms with E-state index < -0.39 is 27.5 Å². The van der Waals surface area contributed by atoms with Crippen LogP contribution in [0, 0.1) is 5.82 Å². The number of carbonyl (C=O) groups excluding carboxylic acids is 1. The van der Waals surface area contributed by atoms with Crippen LogP contribution in [0.1, 0.15) is 33.6 Å². The number of benzene rings is 1. The summed E-state index contributed by atoms with van der Waals surface area (Å²) in [5, 5.41) is 0. The van der Waals surface area contributed by atoms with E-state index in [9.17, 15) is 17.6 Å². The molecule has 24 heavy (non-hydrogen) atoms. The third-order valence-corrected chi connectivity index (χ3v) is 5.09. The van der Waals surface area contributed by atoms with Crippen LogP contribution in [0.25, 0.3) is 0 Å². The van der Waals surface area contributed by atoms with E-state index in [2.05, 4.69) is 4.72 Å². The molecule has 0 radical (unpaired) electrons. The van der Waals surface area contributed by atoms with Crippen molar-refractivity contribution >= 4 is 16.1 Å². The molecule has 1 heterocycles. The summed E-state index contributed by atoms with van der Waals surface area (Å²) < 4.78 is 45.6. The topological polar surface area (TPSA) is 75.7 Å². The number of sulfonamides is 1. The highest BCUT2D eigenvalue weighted by Gasteiger charge is 2.29. The predicted molar refractivity (Wildman–Crippen MR) is 87.6 cm³/mol. The Morgan fingerprint density at radius 1 is 1.29 bits per heavy atom. The minimum absolute atomic E-state index is 0.0999. The summed E-state index contributed by atoms with van der Waals surface area (Å²) >= 11 is 0. The Hall–Kier alpha value is -1.67. The Balaban J connectivity index is 1.92. The van der Waals surface area contributed by atoms with Crippen molar-refractivity contribution in [1.29, 1.82) is 0 Å². The number of nitrogens with one attached hydrogen (secondary N) is 1. The first kappa shape index (κ1) is 18.7. The molecule has 1 aromatic rings. The highest BCUT2D eigenvalue weighted by Crippen LogP contribution is 2.18. The lowest BCUT2D eigenvalue weighted by molar-refractivity contribution is 0.0203. The van der Waals surface area contributed by atoms with Crippen LogP contribution < -0.4 is 4.72 Å². The number of nitrogens with zero attached hydrogens (tertiary/aromatic N) is 1. The number of ether oxygens (including phenoxy) is 1. The maximum Gasteiger partial charge on any atom is 0.410 e. The van der Waals surface area contributed by atoms with E-state index in [1.54, 1.807) is 25.7 Å². The minimum Gasteiger partial charge on any atom is -0.444 e. The summed E-state index contributed by atoms with van der Waals surface area (Å²) in [5.74, 6) is -0.599. The van der Waals surface area contributed by atoms with Gasteiger partial charge in [0.05, 0.1) is 4.90 Å². The van der Waals surface area contributed by atoms with Crippen LogP contribution in [0.3, 0.4) is 0 Å². The average molecular weight is 358 g/mol. The highest BCUT2D eigenvalue weighted by atomic mass is 32.2. The van der Waals surface area contributed by atoms with Gasteiger partial charge in [-0.25, -0.2) is 22.3 Å². The van der Waals surface area contributed by atoms with E-state index in [4.69, 9.17) is 4.74 Å². The van der Waals surface area contributed by atoms with Gasteiger partial charge in [-0.3, -0.25) is 0 Å². The first-order valence-corrected chi connectivity index (χ1v) is 9.31. The molecule has 1 amide bonds. The Bertz CT molecular complexity index is 692. The van der Waals surface area contributed by atoms with Crippen molar-refractivity contribution in [3.05, 3.63) is 30.1 Å². The molecular weight excluding hydrogens is 335 g/mol. The van der Waals surface area contributed by atoms with Gasteiger partial charge in [0, 0.05) is 19.1 Å². The number of likely N-dealkylation sites (tertiary alicyclic amines) is 1. The normalized spacial score (nSPS) is 16.9. The monoisotopic (exact) mass is 358 g/mol. The molecule has 0 saturated carbocycles. The number of halogens is 1. The maximum absolute atomic E-state index is 13.2. The number of piperidine rings is 1. The fourth-order valence-electron chi connectivity index (χ4n) is 2.43. The molecule has 1 N–H and O–H groups in total.